The maximum absolute atomic E-state index is 11.9. The number of hydrogen-bond acceptors (Lipinski definition) is 3. The van der Waals surface area contributed by atoms with Gasteiger partial charge in [-0.3, -0.25) is 0 Å². The Bertz CT molecular complexity index is 585. The summed E-state index contributed by atoms with van der Waals surface area (Å²) in [5, 5.41) is 0. The van der Waals surface area contributed by atoms with Crippen LogP contribution in [0.1, 0.15) is 27.0 Å². The van der Waals surface area contributed by atoms with Crippen LogP contribution >= 0.6 is 0 Å². The lowest BCUT2D eigenvalue weighted by atomic mass is 10.1. The first-order valence-corrected chi connectivity index (χ1v) is 6.15. The summed E-state index contributed by atoms with van der Waals surface area (Å²) in [6.07, 6.45) is 0. The summed E-state index contributed by atoms with van der Waals surface area (Å²) in [7, 11) is 0. The van der Waals surface area contributed by atoms with E-state index in [0.717, 1.165) is 16.7 Å². The van der Waals surface area contributed by atoms with E-state index in [1.165, 1.54) is 0 Å². The molecule has 0 aliphatic carbocycles. The molecule has 0 radical (unpaired) electrons. The van der Waals surface area contributed by atoms with Gasteiger partial charge in [0.25, 0.3) is 0 Å². The summed E-state index contributed by atoms with van der Waals surface area (Å²) < 4.78 is 5.29. The number of para-hydroxylation sites is 1. The summed E-state index contributed by atoms with van der Waals surface area (Å²) in [6, 6.07) is 13.0. The number of anilines is 1. The van der Waals surface area contributed by atoms with Crippen molar-refractivity contribution in [3.8, 4) is 0 Å². The lowest BCUT2D eigenvalue weighted by Crippen LogP contribution is -2.08. The quantitative estimate of drug-likeness (QED) is 0.676. The molecule has 0 saturated carbocycles. The lowest BCUT2D eigenvalue weighted by Gasteiger charge is -2.08. The Morgan fingerprint density at radius 2 is 1.74 bits per heavy atom. The molecule has 0 heterocycles. The Morgan fingerprint density at radius 1 is 1.11 bits per heavy atom. The van der Waals surface area contributed by atoms with Gasteiger partial charge in [-0.05, 0) is 31.5 Å². The molecule has 0 bridgehead atoms. The van der Waals surface area contributed by atoms with Gasteiger partial charge in [0.2, 0.25) is 0 Å². The third kappa shape index (κ3) is 3.35. The van der Waals surface area contributed by atoms with Crippen LogP contribution in [0.4, 0.5) is 5.69 Å². The van der Waals surface area contributed by atoms with Crippen LogP contribution < -0.4 is 5.73 Å². The minimum Gasteiger partial charge on any atom is -0.457 e. The van der Waals surface area contributed by atoms with Crippen molar-refractivity contribution in [2.45, 2.75) is 20.5 Å². The average Bonchev–Trinajstić information content (AvgIpc) is 2.35. The Balaban J connectivity index is 2.07. The Hall–Kier alpha value is -2.29. The van der Waals surface area contributed by atoms with E-state index in [2.05, 4.69) is 6.07 Å². The van der Waals surface area contributed by atoms with Crippen molar-refractivity contribution in [1.29, 1.82) is 0 Å². The molecule has 2 aromatic rings. The van der Waals surface area contributed by atoms with Gasteiger partial charge in [-0.2, -0.15) is 0 Å². The van der Waals surface area contributed by atoms with Gasteiger partial charge in [-0.25, -0.2) is 4.79 Å². The van der Waals surface area contributed by atoms with E-state index in [1.807, 2.05) is 26.0 Å². The van der Waals surface area contributed by atoms with Crippen LogP contribution in [-0.4, -0.2) is 5.97 Å². The zero-order valence-corrected chi connectivity index (χ0v) is 11.1. The van der Waals surface area contributed by atoms with Gasteiger partial charge in [0.15, 0.2) is 0 Å². The first-order valence-electron chi connectivity index (χ1n) is 6.15. The molecule has 0 aromatic heterocycles. The zero-order valence-electron chi connectivity index (χ0n) is 11.1. The zero-order chi connectivity index (χ0) is 13.8. The highest BCUT2D eigenvalue weighted by molar-refractivity contribution is 5.94. The van der Waals surface area contributed by atoms with Crippen molar-refractivity contribution < 1.29 is 9.53 Å². The molecule has 19 heavy (non-hydrogen) atoms. The molecule has 0 saturated heterocycles. The van der Waals surface area contributed by atoms with Crippen LogP contribution in [0.5, 0.6) is 0 Å². The summed E-state index contributed by atoms with van der Waals surface area (Å²) in [6.45, 7) is 4.30. The Kier molecular flexibility index (Phi) is 3.85. The van der Waals surface area contributed by atoms with Crippen molar-refractivity contribution in [3.05, 3.63) is 64.7 Å². The smallest absolute Gasteiger partial charge is 0.340 e. The number of ether oxygens (including phenoxy) is 1. The highest BCUT2D eigenvalue weighted by atomic mass is 16.5. The molecule has 0 atom stereocenters. The Morgan fingerprint density at radius 3 is 2.37 bits per heavy atom. The normalized spacial score (nSPS) is 10.2. The molecule has 3 nitrogen and oxygen atoms in total. The fourth-order valence-corrected chi connectivity index (χ4v) is 2.06. The maximum atomic E-state index is 11.9. The molecular weight excluding hydrogens is 238 g/mol. The van der Waals surface area contributed by atoms with Crippen LogP contribution in [0, 0.1) is 13.8 Å². The molecule has 0 unspecified atom stereocenters. The minimum atomic E-state index is -0.391. The second-order valence-electron chi connectivity index (χ2n) is 4.66. The van der Waals surface area contributed by atoms with Crippen molar-refractivity contribution in [2.75, 3.05) is 5.73 Å². The number of nitrogen functional groups attached to an aromatic ring is 1. The van der Waals surface area contributed by atoms with E-state index in [1.54, 1.807) is 24.3 Å². The fraction of sp³-hybridized carbons (Fsp3) is 0.188. The van der Waals surface area contributed by atoms with Crippen molar-refractivity contribution in [3.63, 3.8) is 0 Å². The number of benzene rings is 2. The topological polar surface area (TPSA) is 52.3 Å². The van der Waals surface area contributed by atoms with E-state index in [4.69, 9.17) is 10.5 Å². The third-order valence-corrected chi connectivity index (χ3v) is 2.83. The molecule has 0 amide bonds. The predicted octanol–water partition coefficient (Wildman–Crippen LogP) is 3.24. The number of carbonyl (C=O) groups is 1. The summed E-state index contributed by atoms with van der Waals surface area (Å²) in [5.41, 5.74) is 9.89. The molecule has 0 aliphatic heterocycles. The summed E-state index contributed by atoms with van der Waals surface area (Å²) in [4.78, 5) is 11.9. The molecule has 2 aromatic carbocycles. The van der Waals surface area contributed by atoms with Crippen LogP contribution in [0.3, 0.4) is 0 Å². The number of rotatable bonds is 3. The predicted molar refractivity (Wildman–Crippen MR) is 75.9 cm³/mol. The van der Waals surface area contributed by atoms with Crippen molar-refractivity contribution in [1.82, 2.24) is 0 Å². The number of carbonyl (C=O) groups excluding carboxylic acids is 1. The van der Waals surface area contributed by atoms with E-state index >= 15 is 0 Å². The second kappa shape index (κ2) is 5.57. The van der Waals surface area contributed by atoms with Gasteiger partial charge in [0.05, 0.1) is 5.56 Å². The summed E-state index contributed by atoms with van der Waals surface area (Å²) in [5.74, 6) is -0.391. The van der Waals surface area contributed by atoms with Gasteiger partial charge < -0.3 is 10.5 Å². The largest absolute Gasteiger partial charge is 0.457 e. The maximum Gasteiger partial charge on any atom is 0.340 e. The second-order valence-corrected chi connectivity index (χ2v) is 4.66. The highest BCUT2D eigenvalue weighted by Gasteiger charge is 2.10. The first kappa shape index (κ1) is 13.1. The van der Waals surface area contributed by atoms with Gasteiger partial charge in [0.1, 0.15) is 6.61 Å². The third-order valence-electron chi connectivity index (χ3n) is 2.83. The van der Waals surface area contributed by atoms with Gasteiger partial charge in [-0.15, -0.1) is 0 Å². The van der Waals surface area contributed by atoms with E-state index in [0.29, 0.717) is 11.3 Å². The van der Waals surface area contributed by atoms with Gasteiger partial charge >= 0.3 is 5.97 Å². The number of esters is 1. The van der Waals surface area contributed by atoms with Gasteiger partial charge in [0, 0.05) is 5.69 Å². The first-order chi connectivity index (χ1) is 9.06. The average molecular weight is 255 g/mol. The lowest BCUT2D eigenvalue weighted by molar-refractivity contribution is 0.0474. The molecule has 3 heteroatoms. The van der Waals surface area contributed by atoms with Crippen LogP contribution in [0.2, 0.25) is 0 Å². The van der Waals surface area contributed by atoms with E-state index < -0.39 is 5.97 Å². The fourth-order valence-electron chi connectivity index (χ4n) is 2.06. The van der Waals surface area contributed by atoms with Crippen molar-refractivity contribution >= 4 is 11.7 Å². The standard InChI is InChI=1S/C16H17NO2/c1-11-7-12(2)9-13(8-11)10-19-16(18)14-5-3-4-6-15(14)17/h3-9H,10,17H2,1-2H3. The van der Waals surface area contributed by atoms with E-state index in [9.17, 15) is 4.79 Å². The molecule has 98 valence electrons. The Labute approximate surface area is 113 Å². The summed E-state index contributed by atoms with van der Waals surface area (Å²) >= 11 is 0. The van der Waals surface area contributed by atoms with Crippen LogP contribution in [0.15, 0.2) is 42.5 Å². The highest BCUT2D eigenvalue weighted by Crippen LogP contribution is 2.14. The molecule has 2 N–H and O–H groups in total. The monoisotopic (exact) mass is 255 g/mol. The number of nitrogens with two attached hydrogens (primary N) is 1. The number of aryl methyl sites for hydroxylation is 2. The van der Waals surface area contributed by atoms with Gasteiger partial charge in [-0.1, -0.05) is 41.5 Å². The SMILES string of the molecule is Cc1cc(C)cc(COC(=O)c2ccccc2N)c1. The molecule has 0 aliphatic rings. The minimum absolute atomic E-state index is 0.260. The number of hydrogen-bond donors (Lipinski definition) is 1. The molecular formula is C16H17NO2. The van der Waals surface area contributed by atoms with E-state index in [-0.39, 0.29) is 6.61 Å². The van der Waals surface area contributed by atoms with Crippen molar-refractivity contribution in [2.24, 2.45) is 0 Å². The van der Waals surface area contributed by atoms with Crippen LogP contribution in [0.25, 0.3) is 0 Å². The van der Waals surface area contributed by atoms with Crippen LogP contribution in [-0.2, 0) is 11.3 Å². The molecule has 2 rings (SSSR count). The molecule has 0 fully saturated rings. The molecule has 0 spiro atoms.